The van der Waals surface area contributed by atoms with Gasteiger partial charge in [0.15, 0.2) is 5.82 Å². The minimum absolute atomic E-state index is 0.0236. The number of rotatable bonds is 2. The first-order chi connectivity index (χ1) is 10.5. The van der Waals surface area contributed by atoms with Crippen LogP contribution in [0.1, 0.15) is 5.56 Å². The number of phenols is 1. The second-order valence-electron chi connectivity index (χ2n) is 4.59. The summed E-state index contributed by atoms with van der Waals surface area (Å²) >= 11 is 0. The third-order valence-electron chi connectivity index (χ3n) is 3.16. The number of aromatic hydroxyl groups is 1. The van der Waals surface area contributed by atoms with Gasteiger partial charge in [-0.15, -0.1) is 10.2 Å². The lowest BCUT2D eigenvalue weighted by Gasteiger charge is -2.10. The Hall–Kier alpha value is -2.83. The van der Waals surface area contributed by atoms with Crippen molar-refractivity contribution < 1.29 is 18.3 Å². The molecule has 1 aromatic heterocycles. The number of nitrogens with zero attached hydrogens (tertiary/aromatic N) is 3. The van der Waals surface area contributed by atoms with Crippen LogP contribution in [0.25, 0.3) is 17.1 Å². The van der Waals surface area contributed by atoms with Crippen LogP contribution in [-0.2, 0) is 6.18 Å². The van der Waals surface area contributed by atoms with Gasteiger partial charge >= 0.3 is 6.18 Å². The second-order valence-corrected chi connectivity index (χ2v) is 4.59. The molecule has 1 heterocycles. The zero-order valence-electron chi connectivity index (χ0n) is 11.1. The van der Waals surface area contributed by atoms with Crippen molar-refractivity contribution in [2.75, 3.05) is 0 Å². The molecule has 3 aromatic rings. The Kier molecular flexibility index (Phi) is 3.32. The van der Waals surface area contributed by atoms with Crippen LogP contribution in [0.15, 0.2) is 54.9 Å². The van der Waals surface area contributed by atoms with E-state index in [1.54, 1.807) is 18.2 Å². The lowest BCUT2D eigenvalue weighted by molar-refractivity contribution is -0.137. The molecule has 1 N–H and O–H groups in total. The zero-order chi connectivity index (χ0) is 15.7. The number of alkyl halides is 3. The van der Waals surface area contributed by atoms with E-state index >= 15 is 0 Å². The number of hydrogen-bond acceptors (Lipinski definition) is 3. The molecule has 0 unspecified atom stereocenters. The predicted molar refractivity (Wildman–Crippen MR) is 73.5 cm³/mol. The van der Waals surface area contributed by atoms with Crippen LogP contribution in [0.4, 0.5) is 13.2 Å². The highest BCUT2D eigenvalue weighted by Crippen LogP contribution is 2.31. The summed E-state index contributed by atoms with van der Waals surface area (Å²) in [6, 6.07) is 11.2. The van der Waals surface area contributed by atoms with E-state index in [-0.39, 0.29) is 5.75 Å². The summed E-state index contributed by atoms with van der Waals surface area (Å²) < 4.78 is 39.3. The van der Waals surface area contributed by atoms with Crippen molar-refractivity contribution in [3.63, 3.8) is 0 Å². The fourth-order valence-corrected chi connectivity index (χ4v) is 2.08. The van der Waals surface area contributed by atoms with Crippen LogP contribution in [0, 0.1) is 0 Å². The van der Waals surface area contributed by atoms with Crippen molar-refractivity contribution in [3.05, 3.63) is 60.4 Å². The van der Waals surface area contributed by atoms with Crippen molar-refractivity contribution in [1.29, 1.82) is 0 Å². The van der Waals surface area contributed by atoms with Gasteiger partial charge in [0.1, 0.15) is 12.1 Å². The third kappa shape index (κ3) is 2.52. The molecule has 0 saturated carbocycles. The maximum atomic E-state index is 12.6. The van der Waals surface area contributed by atoms with Gasteiger partial charge in [0, 0.05) is 5.56 Å². The van der Waals surface area contributed by atoms with Crippen LogP contribution in [0.2, 0.25) is 0 Å². The van der Waals surface area contributed by atoms with Gasteiger partial charge in [-0.3, -0.25) is 4.57 Å². The summed E-state index contributed by atoms with van der Waals surface area (Å²) in [5, 5.41) is 17.6. The summed E-state index contributed by atoms with van der Waals surface area (Å²) in [6.45, 7) is 0. The summed E-state index contributed by atoms with van der Waals surface area (Å²) in [5.74, 6) is 0.366. The highest BCUT2D eigenvalue weighted by atomic mass is 19.4. The summed E-state index contributed by atoms with van der Waals surface area (Å²) in [5.41, 5.74) is 0.182. The van der Waals surface area contributed by atoms with Crippen molar-refractivity contribution in [2.24, 2.45) is 0 Å². The monoisotopic (exact) mass is 305 g/mol. The summed E-state index contributed by atoms with van der Waals surface area (Å²) in [4.78, 5) is 0. The van der Waals surface area contributed by atoms with Crippen molar-refractivity contribution in [2.45, 2.75) is 6.18 Å². The molecule has 0 radical (unpaired) electrons. The first-order valence-electron chi connectivity index (χ1n) is 6.33. The topological polar surface area (TPSA) is 50.9 Å². The molecular formula is C15H10F3N3O. The molecular weight excluding hydrogens is 295 g/mol. The van der Waals surface area contributed by atoms with Gasteiger partial charge < -0.3 is 5.11 Å². The van der Waals surface area contributed by atoms with E-state index < -0.39 is 11.7 Å². The second kappa shape index (κ2) is 5.18. The Morgan fingerprint density at radius 1 is 0.955 bits per heavy atom. The van der Waals surface area contributed by atoms with E-state index in [0.717, 1.165) is 12.1 Å². The average Bonchev–Trinajstić information content (AvgIpc) is 2.96. The summed E-state index contributed by atoms with van der Waals surface area (Å²) in [6.07, 6.45) is -2.99. The molecule has 22 heavy (non-hydrogen) atoms. The minimum Gasteiger partial charge on any atom is -0.506 e. The highest BCUT2D eigenvalue weighted by molar-refractivity contribution is 5.60. The van der Waals surface area contributed by atoms with Gasteiger partial charge in [0.2, 0.25) is 0 Å². The molecule has 0 saturated heterocycles. The molecule has 0 amide bonds. The molecule has 0 aliphatic heterocycles. The predicted octanol–water partition coefficient (Wildman–Crippen LogP) is 3.66. The van der Waals surface area contributed by atoms with Crippen LogP contribution < -0.4 is 0 Å². The van der Waals surface area contributed by atoms with Gasteiger partial charge in [-0.25, -0.2) is 0 Å². The van der Waals surface area contributed by atoms with E-state index in [4.69, 9.17) is 0 Å². The minimum atomic E-state index is -4.39. The number of benzene rings is 2. The van der Waals surface area contributed by atoms with E-state index in [2.05, 4.69) is 10.2 Å². The number of hydrogen-bond donors (Lipinski definition) is 1. The fourth-order valence-electron chi connectivity index (χ4n) is 2.08. The molecule has 112 valence electrons. The third-order valence-corrected chi connectivity index (χ3v) is 3.16. The molecule has 4 nitrogen and oxygen atoms in total. The highest BCUT2D eigenvalue weighted by Gasteiger charge is 2.30. The first-order valence-corrected chi connectivity index (χ1v) is 6.33. The first kappa shape index (κ1) is 14.1. The van der Waals surface area contributed by atoms with Gasteiger partial charge in [0.25, 0.3) is 0 Å². The molecule has 0 fully saturated rings. The number of para-hydroxylation sites is 2. The fraction of sp³-hybridized carbons (Fsp3) is 0.0667. The number of phenolic OH excluding ortho intramolecular Hbond substituents is 1. The van der Waals surface area contributed by atoms with Gasteiger partial charge in [0.05, 0.1) is 11.3 Å². The van der Waals surface area contributed by atoms with E-state index in [9.17, 15) is 18.3 Å². The Morgan fingerprint density at radius 3 is 2.27 bits per heavy atom. The zero-order valence-corrected chi connectivity index (χ0v) is 11.1. The molecule has 0 atom stereocenters. The smallest absolute Gasteiger partial charge is 0.416 e. The van der Waals surface area contributed by atoms with Crippen molar-refractivity contribution >= 4 is 0 Å². The molecule has 0 aliphatic carbocycles. The molecule has 0 aliphatic rings. The van der Waals surface area contributed by atoms with Crippen LogP contribution in [0.3, 0.4) is 0 Å². The SMILES string of the molecule is Oc1ccccc1-n1cnnc1-c1ccc(C(F)(F)F)cc1. The Balaban J connectivity index is 2.04. The van der Waals surface area contributed by atoms with E-state index in [0.29, 0.717) is 17.1 Å². The normalized spacial score (nSPS) is 11.6. The van der Waals surface area contributed by atoms with E-state index in [1.165, 1.54) is 29.1 Å². The Bertz CT molecular complexity index is 794. The Labute approximate surface area is 123 Å². The number of aromatic nitrogens is 3. The molecule has 0 bridgehead atoms. The van der Waals surface area contributed by atoms with Crippen molar-refractivity contribution in [1.82, 2.24) is 14.8 Å². The van der Waals surface area contributed by atoms with Crippen LogP contribution in [0.5, 0.6) is 5.75 Å². The van der Waals surface area contributed by atoms with Crippen LogP contribution in [-0.4, -0.2) is 19.9 Å². The van der Waals surface area contributed by atoms with Gasteiger partial charge in [-0.05, 0) is 24.3 Å². The molecule has 7 heteroatoms. The van der Waals surface area contributed by atoms with E-state index in [1.807, 2.05) is 0 Å². The average molecular weight is 305 g/mol. The molecule has 2 aromatic carbocycles. The van der Waals surface area contributed by atoms with Crippen molar-refractivity contribution in [3.8, 4) is 22.8 Å². The standard InChI is InChI=1S/C15H10F3N3O/c16-15(17,18)11-7-5-10(6-8-11)14-20-19-9-21(14)12-3-1-2-4-13(12)22/h1-9,22H. The molecule has 0 spiro atoms. The number of halogens is 3. The largest absolute Gasteiger partial charge is 0.506 e. The Morgan fingerprint density at radius 2 is 1.64 bits per heavy atom. The van der Waals surface area contributed by atoms with Gasteiger partial charge in [-0.2, -0.15) is 13.2 Å². The summed E-state index contributed by atoms with van der Waals surface area (Å²) in [7, 11) is 0. The lowest BCUT2D eigenvalue weighted by atomic mass is 10.1. The van der Waals surface area contributed by atoms with Crippen LogP contribution >= 0.6 is 0 Å². The van der Waals surface area contributed by atoms with Gasteiger partial charge in [-0.1, -0.05) is 24.3 Å². The lowest BCUT2D eigenvalue weighted by Crippen LogP contribution is -2.04. The molecule has 3 rings (SSSR count). The maximum absolute atomic E-state index is 12.6. The maximum Gasteiger partial charge on any atom is 0.416 e. The quantitative estimate of drug-likeness (QED) is 0.786.